The Morgan fingerprint density at radius 3 is 2.93 bits per heavy atom. The maximum atomic E-state index is 10.8. The monoisotopic (exact) mass is 190 g/mol. The fraction of sp³-hybridized carbons (Fsp3) is 0. The smallest absolute Gasteiger partial charge is 0.339 e. The minimum absolute atomic E-state index is 0.101. The van der Waals surface area contributed by atoms with E-state index in [1.165, 1.54) is 24.9 Å². The number of carboxylic acid groups (broad SMARTS) is 1. The van der Waals surface area contributed by atoms with E-state index < -0.39 is 5.97 Å². The van der Waals surface area contributed by atoms with Crippen molar-refractivity contribution in [1.82, 2.24) is 9.97 Å². The molecule has 70 valence electrons. The van der Waals surface area contributed by atoms with E-state index in [1.54, 1.807) is 6.07 Å². The van der Waals surface area contributed by atoms with Gasteiger partial charge in [-0.2, -0.15) is 0 Å². The number of hydrogen-bond acceptors (Lipinski definition) is 4. The average Bonchev–Trinajstić information content (AvgIpc) is 2.67. The molecule has 14 heavy (non-hydrogen) atoms. The second-order valence-corrected chi connectivity index (χ2v) is 2.56. The molecule has 0 amide bonds. The van der Waals surface area contributed by atoms with E-state index in [-0.39, 0.29) is 11.3 Å². The summed E-state index contributed by atoms with van der Waals surface area (Å²) in [5.74, 6) is -0.785. The molecule has 2 heterocycles. The first-order valence-corrected chi connectivity index (χ1v) is 3.86. The van der Waals surface area contributed by atoms with Crippen LogP contribution in [0, 0.1) is 0 Å². The van der Waals surface area contributed by atoms with Gasteiger partial charge in [0.25, 0.3) is 0 Å². The quantitative estimate of drug-likeness (QED) is 0.775. The first-order valence-electron chi connectivity index (χ1n) is 3.86. The molecular formula is C9H6N2O3. The van der Waals surface area contributed by atoms with Gasteiger partial charge in [-0.3, -0.25) is 0 Å². The highest BCUT2D eigenvalue weighted by Gasteiger charge is 2.15. The average molecular weight is 190 g/mol. The molecule has 0 radical (unpaired) electrons. The van der Waals surface area contributed by atoms with Crippen LogP contribution in [0.1, 0.15) is 10.4 Å². The van der Waals surface area contributed by atoms with E-state index in [2.05, 4.69) is 9.97 Å². The standard InChI is InChI=1S/C9H6N2O3/c12-9(13)6-2-4-14-8(6)7-1-3-10-5-11-7/h1-5H,(H,12,13). The number of carbonyl (C=O) groups is 1. The molecule has 0 aromatic carbocycles. The van der Waals surface area contributed by atoms with Gasteiger partial charge in [0, 0.05) is 6.20 Å². The highest BCUT2D eigenvalue weighted by molar-refractivity contribution is 5.93. The van der Waals surface area contributed by atoms with Crippen molar-refractivity contribution in [1.29, 1.82) is 0 Å². The van der Waals surface area contributed by atoms with Gasteiger partial charge in [0.15, 0.2) is 5.76 Å². The maximum Gasteiger partial charge on any atom is 0.339 e. The molecule has 0 aliphatic rings. The molecule has 0 fully saturated rings. The van der Waals surface area contributed by atoms with E-state index in [0.29, 0.717) is 5.69 Å². The second-order valence-electron chi connectivity index (χ2n) is 2.56. The van der Waals surface area contributed by atoms with Crippen molar-refractivity contribution in [3.05, 3.63) is 36.5 Å². The lowest BCUT2D eigenvalue weighted by atomic mass is 10.2. The summed E-state index contributed by atoms with van der Waals surface area (Å²) in [6, 6.07) is 2.98. The molecule has 5 nitrogen and oxygen atoms in total. The van der Waals surface area contributed by atoms with E-state index in [4.69, 9.17) is 9.52 Å². The Morgan fingerprint density at radius 2 is 2.29 bits per heavy atom. The van der Waals surface area contributed by atoms with Crippen molar-refractivity contribution in [2.75, 3.05) is 0 Å². The normalized spacial score (nSPS) is 10.0. The lowest BCUT2D eigenvalue weighted by molar-refractivity contribution is 0.0697. The molecule has 0 aliphatic heterocycles. The van der Waals surface area contributed by atoms with Gasteiger partial charge >= 0.3 is 5.97 Å². The van der Waals surface area contributed by atoms with Gasteiger partial charge < -0.3 is 9.52 Å². The van der Waals surface area contributed by atoms with Gasteiger partial charge in [-0.25, -0.2) is 14.8 Å². The van der Waals surface area contributed by atoms with Crippen molar-refractivity contribution >= 4 is 5.97 Å². The molecule has 0 bridgehead atoms. The van der Waals surface area contributed by atoms with Crippen molar-refractivity contribution in [3.63, 3.8) is 0 Å². The summed E-state index contributed by atoms with van der Waals surface area (Å²) in [4.78, 5) is 18.4. The Bertz CT molecular complexity index is 450. The maximum absolute atomic E-state index is 10.8. The van der Waals surface area contributed by atoms with Gasteiger partial charge in [0.05, 0.1) is 6.26 Å². The molecule has 0 saturated carbocycles. The van der Waals surface area contributed by atoms with Crippen molar-refractivity contribution in [2.24, 2.45) is 0 Å². The first kappa shape index (κ1) is 8.43. The Kier molecular flexibility index (Phi) is 1.98. The first-order chi connectivity index (χ1) is 6.79. The number of furan rings is 1. The van der Waals surface area contributed by atoms with Crippen molar-refractivity contribution < 1.29 is 14.3 Å². The third-order valence-corrected chi connectivity index (χ3v) is 1.71. The molecule has 0 unspecified atom stereocenters. The highest BCUT2D eigenvalue weighted by atomic mass is 16.4. The van der Waals surface area contributed by atoms with Gasteiger partial charge in [-0.15, -0.1) is 0 Å². The molecule has 0 saturated heterocycles. The summed E-state index contributed by atoms with van der Waals surface area (Å²) in [6.07, 6.45) is 4.18. The van der Waals surface area contributed by atoms with E-state index >= 15 is 0 Å². The van der Waals surface area contributed by atoms with Gasteiger partial charge in [-0.1, -0.05) is 0 Å². The predicted molar refractivity (Wildman–Crippen MR) is 46.7 cm³/mol. The third-order valence-electron chi connectivity index (χ3n) is 1.71. The van der Waals surface area contributed by atoms with Gasteiger partial charge in [0.2, 0.25) is 0 Å². The van der Waals surface area contributed by atoms with Crippen LogP contribution in [-0.2, 0) is 0 Å². The number of aromatic nitrogens is 2. The van der Waals surface area contributed by atoms with Crippen LogP contribution in [-0.4, -0.2) is 21.0 Å². The number of nitrogens with zero attached hydrogens (tertiary/aromatic N) is 2. The van der Waals surface area contributed by atoms with E-state index in [9.17, 15) is 4.79 Å². The Labute approximate surface area is 79.0 Å². The molecule has 1 N–H and O–H groups in total. The number of carboxylic acids is 1. The Balaban J connectivity index is 2.52. The lowest BCUT2D eigenvalue weighted by Crippen LogP contribution is -1.96. The summed E-state index contributed by atoms with van der Waals surface area (Å²) in [5.41, 5.74) is 0.561. The molecule has 5 heteroatoms. The van der Waals surface area contributed by atoms with Crippen LogP contribution < -0.4 is 0 Å². The highest BCUT2D eigenvalue weighted by Crippen LogP contribution is 2.21. The number of aromatic carboxylic acids is 1. The minimum atomic E-state index is -1.03. The zero-order valence-corrected chi connectivity index (χ0v) is 7.04. The number of hydrogen-bond donors (Lipinski definition) is 1. The second kappa shape index (κ2) is 3.29. The van der Waals surface area contributed by atoms with Crippen LogP contribution in [0.15, 0.2) is 35.3 Å². The fourth-order valence-electron chi connectivity index (χ4n) is 1.10. The topological polar surface area (TPSA) is 76.2 Å². The lowest BCUT2D eigenvalue weighted by Gasteiger charge is -1.96. The third kappa shape index (κ3) is 1.35. The molecule has 0 spiro atoms. The van der Waals surface area contributed by atoms with Crippen LogP contribution in [0.4, 0.5) is 0 Å². The predicted octanol–water partition coefficient (Wildman–Crippen LogP) is 1.43. The zero-order chi connectivity index (χ0) is 9.97. The molecule has 0 aliphatic carbocycles. The minimum Gasteiger partial charge on any atom is -0.478 e. The van der Waals surface area contributed by atoms with Crippen molar-refractivity contribution in [2.45, 2.75) is 0 Å². The van der Waals surface area contributed by atoms with Crippen LogP contribution in [0.5, 0.6) is 0 Å². The molecular weight excluding hydrogens is 184 g/mol. The summed E-state index contributed by atoms with van der Waals surface area (Å²) < 4.78 is 5.04. The van der Waals surface area contributed by atoms with Crippen LogP contribution in [0.2, 0.25) is 0 Å². The van der Waals surface area contributed by atoms with Crippen LogP contribution in [0.3, 0.4) is 0 Å². The SMILES string of the molecule is O=C(O)c1ccoc1-c1ccncn1. The Morgan fingerprint density at radius 1 is 1.43 bits per heavy atom. The van der Waals surface area contributed by atoms with Crippen molar-refractivity contribution in [3.8, 4) is 11.5 Å². The summed E-state index contributed by atoms with van der Waals surface area (Å²) >= 11 is 0. The summed E-state index contributed by atoms with van der Waals surface area (Å²) in [5, 5.41) is 8.81. The van der Waals surface area contributed by atoms with Gasteiger partial charge in [-0.05, 0) is 12.1 Å². The zero-order valence-electron chi connectivity index (χ0n) is 7.04. The number of rotatable bonds is 2. The van der Waals surface area contributed by atoms with Crippen LogP contribution >= 0.6 is 0 Å². The summed E-state index contributed by atoms with van der Waals surface area (Å²) in [7, 11) is 0. The van der Waals surface area contributed by atoms with E-state index in [0.717, 1.165) is 0 Å². The Hall–Kier alpha value is -2.17. The molecule has 2 aromatic heterocycles. The molecule has 2 rings (SSSR count). The molecule has 0 atom stereocenters. The summed E-state index contributed by atoms with van der Waals surface area (Å²) in [6.45, 7) is 0. The molecule has 2 aromatic rings. The largest absolute Gasteiger partial charge is 0.478 e. The fourth-order valence-corrected chi connectivity index (χ4v) is 1.10. The van der Waals surface area contributed by atoms with E-state index in [1.807, 2.05) is 0 Å². The van der Waals surface area contributed by atoms with Gasteiger partial charge in [0.1, 0.15) is 17.6 Å². The van der Waals surface area contributed by atoms with Crippen LogP contribution in [0.25, 0.3) is 11.5 Å².